The van der Waals surface area contributed by atoms with Gasteiger partial charge in [0.05, 0.1) is 15.1 Å². The van der Waals surface area contributed by atoms with Gasteiger partial charge in [-0.15, -0.1) is 0 Å². The molecular formula is C21H24N4O3S. The number of para-hydroxylation sites is 1. The lowest BCUT2D eigenvalue weighted by Gasteiger charge is -2.21. The maximum absolute atomic E-state index is 13.3. The Balaban J connectivity index is 2.00. The fourth-order valence-corrected chi connectivity index (χ4v) is 4.13. The number of aryl methyl sites for hydroxylation is 1. The third-order valence-electron chi connectivity index (χ3n) is 4.64. The number of amides is 1. The number of carbonyl (C=O) groups is 1. The van der Waals surface area contributed by atoms with E-state index in [-0.39, 0.29) is 11.3 Å². The average Bonchev–Trinajstić information content (AvgIpc) is 3.13. The third kappa shape index (κ3) is 4.78. The Bertz CT molecular complexity index is 1030. The SMILES string of the molecule is CCc1ccc2nc(N(CCCN(C)C)C(=O)c3ccccc3[N+](=O)[O-])sc2c1. The van der Waals surface area contributed by atoms with Crippen LogP contribution in [0.15, 0.2) is 42.5 Å². The quantitative estimate of drug-likeness (QED) is 0.406. The molecule has 3 aromatic rings. The number of carbonyl (C=O) groups excluding carboxylic acids is 1. The van der Waals surface area contributed by atoms with Gasteiger partial charge in [0.15, 0.2) is 5.13 Å². The monoisotopic (exact) mass is 412 g/mol. The Hall–Kier alpha value is -2.84. The zero-order valence-corrected chi connectivity index (χ0v) is 17.6. The molecule has 2 aromatic carbocycles. The van der Waals surface area contributed by atoms with Crippen LogP contribution in [0.2, 0.25) is 0 Å². The number of nitrogens with zero attached hydrogens (tertiary/aromatic N) is 4. The normalized spacial score (nSPS) is 11.2. The van der Waals surface area contributed by atoms with E-state index in [1.54, 1.807) is 17.0 Å². The van der Waals surface area contributed by atoms with Crippen molar-refractivity contribution < 1.29 is 9.72 Å². The summed E-state index contributed by atoms with van der Waals surface area (Å²) in [7, 11) is 3.94. The summed E-state index contributed by atoms with van der Waals surface area (Å²) >= 11 is 1.44. The van der Waals surface area contributed by atoms with Crippen LogP contribution < -0.4 is 4.90 Å². The molecule has 7 nitrogen and oxygen atoms in total. The zero-order valence-electron chi connectivity index (χ0n) is 16.8. The molecule has 0 saturated carbocycles. The van der Waals surface area contributed by atoms with E-state index < -0.39 is 10.8 Å². The van der Waals surface area contributed by atoms with Gasteiger partial charge in [0, 0.05) is 12.6 Å². The van der Waals surface area contributed by atoms with Gasteiger partial charge in [-0.3, -0.25) is 19.8 Å². The summed E-state index contributed by atoms with van der Waals surface area (Å²) in [5.74, 6) is -0.397. The topological polar surface area (TPSA) is 79.6 Å². The predicted molar refractivity (Wildman–Crippen MR) is 117 cm³/mol. The van der Waals surface area contributed by atoms with Crippen molar-refractivity contribution in [3.63, 3.8) is 0 Å². The van der Waals surface area contributed by atoms with Crippen LogP contribution in [-0.2, 0) is 6.42 Å². The molecule has 1 heterocycles. The van der Waals surface area contributed by atoms with Gasteiger partial charge in [-0.1, -0.05) is 36.5 Å². The Kier molecular flexibility index (Phi) is 6.56. The Morgan fingerprint density at radius 2 is 1.93 bits per heavy atom. The second-order valence-corrected chi connectivity index (χ2v) is 8.05. The summed E-state index contributed by atoms with van der Waals surface area (Å²) in [6.07, 6.45) is 1.65. The fraction of sp³-hybridized carbons (Fsp3) is 0.333. The molecule has 0 bridgehead atoms. The van der Waals surface area contributed by atoms with Crippen LogP contribution in [-0.4, -0.2) is 47.9 Å². The molecule has 1 amide bonds. The van der Waals surface area contributed by atoms with E-state index in [4.69, 9.17) is 0 Å². The van der Waals surface area contributed by atoms with E-state index in [1.807, 2.05) is 31.1 Å². The fourth-order valence-electron chi connectivity index (χ4n) is 3.08. The van der Waals surface area contributed by atoms with E-state index in [0.717, 1.165) is 29.6 Å². The van der Waals surface area contributed by atoms with E-state index >= 15 is 0 Å². The summed E-state index contributed by atoms with van der Waals surface area (Å²) in [6.45, 7) is 3.32. The molecular weight excluding hydrogens is 388 g/mol. The maximum atomic E-state index is 13.3. The number of nitro benzene ring substituents is 1. The van der Waals surface area contributed by atoms with Crippen LogP contribution >= 0.6 is 11.3 Å². The van der Waals surface area contributed by atoms with Crippen LogP contribution in [0.4, 0.5) is 10.8 Å². The standard InChI is InChI=1S/C21H24N4O3S/c1-4-15-10-11-17-19(14-15)29-21(22-17)24(13-7-12-23(2)3)20(26)16-8-5-6-9-18(16)25(27)28/h5-6,8-11,14H,4,7,12-13H2,1-3H3. The van der Waals surface area contributed by atoms with Crippen molar-refractivity contribution in [3.8, 4) is 0 Å². The molecule has 0 aliphatic heterocycles. The molecule has 0 spiro atoms. The van der Waals surface area contributed by atoms with E-state index in [9.17, 15) is 14.9 Å². The lowest BCUT2D eigenvalue weighted by molar-refractivity contribution is -0.385. The van der Waals surface area contributed by atoms with E-state index in [1.165, 1.54) is 29.0 Å². The number of thiazole rings is 1. The molecule has 0 aliphatic rings. The first kappa shape index (κ1) is 20.9. The molecule has 0 N–H and O–H groups in total. The number of nitro groups is 1. The first-order chi connectivity index (χ1) is 13.9. The van der Waals surface area contributed by atoms with Crippen molar-refractivity contribution in [1.29, 1.82) is 0 Å². The minimum absolute atomic E-state index is 0.0795. The van der Waals surface area contributed by atoms with Crippen molar-refractivity contribution in [2.24, 2.45) is 0 Å². The summed E-state index contributed by atoms with van der Waals surface area (Å²) in [5.41, 5.74) is 1.92. The highest BCUT2D eigenvalue weighted by atomic mass is 32.1. The second-order valence-electron chi connectivity index (χ2n) is 7.04. The van der Waals surface area contributed by atoms with Crippen molar-refractivity contribution in [2.45, 2.75) is 19.8 Å². The molecule has 8 heteroatoms. The van der Waals surface area contributed by atoms with E-state index in [0.29, 0.717) is 11.7 Å². The minimum atomic E-state index is -0.517. The van der Waals surface area contributed by atoms with Gasteiger partial charge >= 0.3 is 0 Å². The average molecular weight is 413 g/mol. The number of anilines is 1. The molecule has 0 radical (unpaired) electrons. The first-order valence-electron chi connectivity index (χ1n) is 9.50. The van der Waals surface area contributed by atoms with Gasteiger partial charge < -0.3 is 4.90 Å². The summed E-state index contributed by atoms with van der Waals surface area (Å²) in [5, 5.41) is 12.0. The van der Waals surface area contributed by atoms with Crippen molar-refractivity contribution in [3.05, 3.63) is 63.7 Å². The molecule has 29 heavy (non-hydrogen) atoms. The zero-order chi connectivity index (χ0) is 21.0. The highest BCUT2D eigenvalue weighted by Gasteiger charge is 2.27. The smallest absolute Gasteiger partial charge is 0.282 e. The molecule has 0 aliphatic carbocycles. The van der Waals surface area contributed by atoms with Crippen LogP contribution in [0.5, 0.6) is 0 Å². The van der Waals surface area contributed by atoms with Gasteiger partial charge in [0.1, 0.15) is 5.56 Å². The van der Waals surface area contributed by atoms with E-state index in [2.05, 4.69) is 18.0 Å². The molecule has 0 unspecified atom stereocenters. The molecule has 3 rings (SSSR count). The third-order valence-corrected chi connectivity index (χ3v) is 5.69. The molecule has 1 aromatic heterocycles. The van der Waals surface area contributed by atoms with Gasteiger partial charge in [0.25, 0.3) is 11.6 Å². The minimum Gasteiger partial charge on any atom is -0.309 e. The molecule has 0 fully saturated rings. The Morgan fingerprint density at radius 1 is 1.17 bits per heavy atom. The highest BCUT2D eigenvalue weighted by molar-refractivity contribution is 7.22. The lowest BCUT2D eigenvalue weighted by Crippen LogP contribution is -2.33. The predicted octanol–water partition coefficient (Wildman–Crippen LogP) is 4.37. The van der Waals surface area contributed by atoms with Crippen LogP contribution in [0.25, 0.3) is 10.2 Å². The Morgan fingerprint density at radius 3 is 2.62 bits per heavy atom. The van der Waals surface area contributed by atoms with Crippen molar-refractivity contribution in [1.82, 2.24) is 9.88 Å². The lowest BCUT2D eigenvalue weighted by atomic mass is 10.1. The first-order valence-corrected chi connectivity index (χ1v) is 10.3. The molecule has 0 saturated heterocycles. The summed E-state index contributed by atoms with van der Waals surface area (Å²) in [4.78, 5) is 32.5. The van der Waals surface area contributed by atoms with Gasteiger partial charge in [-0.25, -0.2) is 4.98 Å². The number of aromatic nitrogens is 1. The van der Waals surface area contributed by atoms with Crippen molar-refractivity contribution >= 4 is 38.3 Å². The largest absolute Gasteiger partial charge is 0.309 e. The van der Waals surface area contributed by atoms with Gasteiger partial charge in [-0.2, -0.15) is 0 Å². The number of benzene rings is 2. The van der Waals surface area contributed by atoms with Gasteiger partial charge in [-0.05, 0) is 57.2 Å². The molecule has 0 atom stereocenters. The Labute approximate surface area is 173 Å². The number of rotatable bonds is 8. The van der Waals surface area contributed by atoms with Crippen LogP contribution in [0.3, 0.4) is 0 Å². The summed E-state index contributed by atoms with van der Waals surface area (Å²) < 4.78 is 1.01. The maximum Gasteiger partial charge on any atom is 0.282 e. The summed E-state index contributed by atoms with van der Waals surface area (Å²) in [6, 6.07) is 12.1. The van der Waals surface area contributed by atoms with Gasteiger partial charge in [0.2, 0.25) is 0 Å². The van der Waals surface area contributed by atoms with Crippen molar-refractivity contribution in [2.75, 3.05) is 32.1 Å². The number of fused-ring (bicyclic) bond motifs is 1. The molecule has 152 valence electrons. The number of hydrogen-bond acceptors (Lipinski definition) is 6. The number of hydrogen-bond donors (Lipinski definition) is 0. The highest BCUT2D eigenvalue weighted by Crippen LogP contribution is 2.32. The van der Waals surface area contributed by atoms with Crippen LogP contribution in [0, 0.1) is 10.1 Å². The second kappa shape index (κ2) is 9.11. The van der Waals surface area contributed by atoms with Crippen LogP contribution in [0.1, 0.15) is 29.3 Å².